The monoisotopic (exact) mass is 320 g/mol. The van der Waals surface area contributed by atoms with Gasteiger partial charge in [0.1, 0.15) is 24.8 Å². The second kappa shape index (κ2) is 11.0. The molecule has 0 spiro atoms. The summed E-state index contributed by atoms with van der Waals surface area (Å²) in [5.41, 5.74) is 0. The van der Waals surface area contributed by atoms with Crippen LogP contribution in [-0.4, -0.2) is 9.13 Å². The van der Waals surface area contributed by atoms with E-state index in [1.54, 1.807) is 0 Å². The molecule has 0 fully saturated rings. The molecule has 0 aliphatic carbocycles. The molecule has 0 aromatic carbocycles. The van der Waals surface area contributed by atoms with Gasteiger partial charge in [0.2, 0.25) is 6.33 Å². The van der Waals surface area contributed by atoms with E-state index >= 15 is 0 Å². The zero-order chi connectivity index (χ0) is 17.1. The van der Waals surface area contributed by atoms with E-state index in [1.807, 2.05) is 0 Å². The van der Waals surface area contributed by atoms with Gasteiger partial charge in [0, 0.05) is 6.92 Å². The van der Waals surface area contributed by atoms with Gasteiger partial charge < -0.3 is 0 Å². The largest absolute Gasteiger partial charge is 0.253 e. The Kier molecular flexibility index (Phi) is 9.34. The van der Waals surface area contributed by atoms with Crippen molar-refractivity contribution in [1.29, 1.82) is 0 Å². The summed E-state index contributed by atoms with van der Waals surface area (Å²) in [6.07, 6.45) is 18.5. The third-order valence-corrected chi connectivity index (χ3v) is 4.24. The summed E-state index contributed by atoms with van der Waals surface area (Å²) in [7, 11) is 4.14. The lowest BCUT2D eigenvalue weighted by Gasteiger charge is -1.95. The molecule has 0 aliphatic heterocycles. The van der Waals surface area contributed by atoms with Crippen LogP contribution in [0.25, 0.3) is 0 Å². The predicted molar refractivity (Wildman–Crippen MR) is 95.0 cm³/mol. The Bertz CT molecular complexity index is 539. The van der Waals surface area contributed by atoms with Gasteiger partial charge in [-0.15, -0.1) is 0 Å². The molecule has 0 aliphatic rings. The highest BCUT2D eigenvalue weighted by Gasteiger charge is 2.06. The quantitative estimate of drug-likeness (QED) is 0.524. The fraction of sp³-hybridized carbons (Fsp3) is 0.684. The Morgan fingerprint density at radius 1 is 0.870 bits per heavy atom. The first-order valence-electron chi connectivity index (χ1n) is 9.10. The van der Waals surface area contributed by atoms with Crippen LogP contribution < -0.4 is 9.13 Å². The fourth-order valence-corrected chi connectivity index (χ4v) is 2.52. The van der Waals surface area contributed by atoms with E-state index < -0.39 is 0 Å². The lowest BCUT2D eigenvalue weighted by Crippen LogP contribution is -2.29. The molecule has 0 unspecified atom stereocenters. The van der Waals surface area contributed by atoms with Crippen LogP contribution in [0.3, 0.4) is 0 Å². The van der Waals surface area contributed by atoms with Crippen molar-refractivity contribution in [1.82, 2.24) is 9.13 Å². The summed E-state index contributed by atoms with van der Waals surface area (Å²) in [6.45, 7) is 8.94. The number of unbranched alkanes of at least 4 members (excludes halogenated alkanes) is 4. The van der Waals surface area contributed by atoms with E-state index in [9.17, 15) is 0 Å². The zero-order valence-electron chi connectivity index (χ0n) is 15.8. The van der Waals surface area contributed by atoms with E-state index in [-0.39, 0.29) is 0 Å². The number of rotatable bonds is 8. The van der Waals surface area contributed by atoms with Gasteiger partial charge in [-0.1, -0.05) is 33.1 Å². The van der Waals surface area contributed by atoms with E-state index in [2.05, 4.69) is 84.2 Å². The van der Waals surface area contributed by atoms with Gasteiger partial charge in [0.15, 0.2) is 0 Å². The minimum atomic E-state index is 1.16. The molecule has 2 aromatic heterocycles. The van der Waals surface area contributed by atoms with Crippen LogP contribution in [0.2, 0.25) is 0 Å². The Morgan fingerprint density at radius 3 is 2.13 bits per heavy atom. The van der Waals surface area contributed by atoms with Crippen molar-refractivity contribution in [3.8, 4) is 0 Å². The predicted octanol–water partition coefficient (Wildman–Crippen LogP) is 3.31. The maximum Gasteiger partial charge on any atom is 0.253 e. The first-order valence-corrected chi connectivity index (χ1v) is 9.10. The molecule has 0 saturated carbocycles. The first-order chi connectivity index (χ1) is 11.1. The van der Waals surface area contributed by atoms with Gasteiger partial charge in [-0.3, -0.25) is 0 Å². The summed E-state index contributed by atoms with van der Waals surface area (Å²) in [5.74, 6) is 1.33. The molecule has 2 aromatic rings. The molecule has 130 valence electrons. The van der Waals surface area contributed by atoms with Crippen molar-refractivity contribution in [2.45, 2.75) is 72.4 Å². The van der Waals surface area contributed by atoms with Crippen molar-refractivity contribution in [3.63, 3.8) is 0 Å². The molecular formula is C19H36N4+2. The maximum atomic E-state index is 2.30. The maximum absolute atomic E-state index is 2.30. The highest BCUT2D eigenvalue weighted by Crippen LogP contribution is 2.00. The number of nitrogens with zero attached hydrogens (tertiary/aromatic N) is 4. The van der Waals surface area contributed by atoms with Crippen LogP contribution in [0.5, 0.6) is 0 Å². The normalized spacial score (nSPS) is 10.5. The van der Waals surface area contributed by atoms with Crippen molar-refractivity contribution in [2.24, 2.45) is 14.1 Å². The number of hydrogen-bond acceptors (Lipinski definition) is 0. The van der Waals surface area contributed by atoms with Crippen LogP contribution >= 0.6 is 0 Å². The molecule has 0 atom stereocenters. The lowest BCUT2D eigenvalue weighted by atomic mass is 10.2. The second-order valence-corrected chi connectivity index (χ2v) is 6.38. The summed E-state index contributed by atoms with van der Waals surface area (Å²) >= 11 is 0. The summed E-state index contributed by atoms with van der Waals surface area (Å²) in [5, 5.41) is 0. The SMILES string of the molecule is CCCCCCn1cc[n+](C)c1.CCCCn1cc[n+](C)c1C. The Morgan fingerprint density at radius 2 is 1.61 bits per heavy atom. The highest BCUT2D eigenvalue weighted by atomic mass is 15.1. The molecule has 0 N–H and O–H groups in total. The first kappa shape index (κ1) is 19.5. The van der Waals surface area contributed by atoms with E-state index in [0.717, 1.165) is 6.54 Å². The smallest absolute Gasteiger partial charge is 0.240 e. The third kappa shape index (κ3) is 7.49. The number of aromatic nitrogens is 4. The minimum absolute atomic E-state index is 1.16. The molecule has 0 amide bonds. The molecule has 0 saturated heterocycles. The van der Waals surface area contributed by atoms with Crippen molar-refractivity contribution in [2.75, 3.05) is 0 Å². The molecule has 0 bridgehead atoms. The Hall–Kier alpha value is -1.58. The van der Waals surface area contributed by atoms with Gasteiger partial charge in [-0.25, -0.2) is 18.3 Å². The van der Waals surface area contributed by atoms with Gasteiger partial charge >= 0.3 is 0 Å². The van der Waals surface area contributed by atoms with Crippen molar-refractivity contribution < 1.29 is 9.13 Å². The standard InChI is InChI=1S/C10H19N2.C9H17N2/c1-3-4-5-6-7-12-9-8-11(2)10-12;1-4-5-6-11-8-7-10(3)9(11)2/h8-10H,3-7H2,1-2H3;7-8H,4-6H2,1-3H3/q2*+1. The molecule has 2 rings (SSSR count). The molecule has 4 nitrogen and oxygen atoms in total. The van der Waals surface area contributed by atoms with Crippen LogP contribution in [-0.2, 0) is 27.2 Å². The summed E-state index contributed by atoms with van der Waals surface area (Å²) in [4.78, 5) is 0. The molecular weight excluding hydrogens is 284 g/mol. The second-order valence-electron chi connectivity index (χ2n) is 6.38. The van der Waals surface area contributed by atoms with Gasteiger partial charge in [0.05, 0.1) is 27.2 Å². The van der Waals surface area contributed by atoms with Gasteiger partial charge in [-0.2, -0.15) is 0 Å². The van der Waals surface area contributed by atoms with E-state index in [0.29, 0.717) is 0 Å². The van der Waals surface area contributed by atoms with Crippen LogP contribution in [0, 0.1) is 6.92 Å². The van der Waals surface area contributed by atoms with Gasteiger partial charge in [0.25, 0.3) is 5.82 Å². The average molecular weight is 321 g/mol. The number of aryl methyl sites for hydroxylation is 4. The highest BCUT2D eigenvalue weighted by molar-refractivity contribution is 4.78. The van der Waals surface area contributed by atoms with Crippen LogP contribution in [0.15, 0.2) is 31.1 Å². The molecule has 0 radical (unpaired) electrons. The van der Waals surface area contributed by atoms with Crippen LogP contribution in [0.4, 0.5) is 0 Å². The lowest BCUT2D eigenvalue weighted by molar-refractivity contribution is -0.677. The summed E-state index contributed by atoms with van der Waals surface area (Å²) < 4.78 is 8.77. The van der Waals surface area contributed by atoms with Crippen LogP contribution in [0.1, 0.15) is 58.2 Å². The molecule has 23 heavy (non-hydrogen) atoms. The van der Waals surface area contributed by atoms with E-state index in [1.165, 1.54) is 50.9 Å². The fourth-order valence-electron chi connectivity index (χ4n) is 2.52. The van der Waals surface area contributed by atoms with Crippen molar-refractivity contribution >= 4 is 0 Å². The number of hydrogen-bond donors (Lipinski definition) is 0. The Labute approximate surface area is 142 Å². The van der Waals surface area contributed by atoms with E-state index in [4.69, 9.17) is 0 Å². The molecule has 4 heteroatoms. The zero-order valence-corrected chi connectivity index (χ0v) is 15.8. The van der Waals surface area contributed by atoms with Gasteiger partial charge in [-0.05, 0) is 19.3 Å². The minimum Gasteiger partial charge on any atom is -0.240 e. The Balaban J connectivity index is 0.000000231. The third-order valence-electron chi connectivity index (χ3n) is 4.24. The number of imidazole rings is 2. The summed E-state index contributed by atoms with van der Waals surface area (Å²) in [6, 6.07) is 0. The van der Waals surface area contributed by atoms with Crippen molar-refractivity contribution in [3.05, 3.63) is 36.9 Å². The topological polar surface area (TPSA) is 17.6 Å². The molecule has 2 heterocycles. The average Bonchev–Trinajstić information content (AvgIpc) is 3.10.